The van der Waals surface area contributed by atoms with E-state index < -0.39 is 0 Å². The molecule has 2 fully saturated rings. The second kappa shape index (κ2) is 3.62. The zero-order valence-corrected chi connectivity index (χ0v) is 7.74. The van der Waals surface area contributed by atoms with Crippen LogP contribution in [0.1, 0.15) is 6.42 Å². The number of nitriles is 1. The predicted molar refractivity (Wildman–Crippen MR) is 45.7 cm³/mol. The molecule has 4 nitrogen and oxygen atoms in total. The first-order valence-electron chi connectivity index (χ1n) is 4.76. The van der Waals surface area contributed by atoms with E-state index in [-0.39, 0.29) is 6.10 Å². The molecule has 2 saturated heterocycles. The normalized spacial score (nSPS) is 31.8. The van der Waals surface area contributed by atoms with E-state index in [1.807, 2.05) is 0 Å². The lowest BCUT2D eigenvalue weighted by molar-refractivity contribution is -0.932. The van der Waals surface area contributed by atoms with Crippen LogP contribution in [0.25, 0.3) is 0 Å². The van der Waals surface area contributed by atoms with Crippen molar-refractivity contribution in [2.24, 2.45) is 0 Å². The summed E-state index contributed by atoms with van der Waals surface area (Å²) in [6.07, 6.45) is 0.684. The van der Waals surface area contributed by atoms with Crippen molar-refractivity contribution in [1.82, 2.24) is 0 Å². The Kier molecular flexibility index (Phi) is 2.49. The number of quaternary nitrogens is 1. The van der Waals surface area contributed by atoms with Gasteiger partial charge in [-0.05, 0) is 0 Å². The standard InChI is InChI=1S/C9H15N2O2/c10-2-1-9-7-11(8-13-9)3-5-12-6-4-11/h9H,1,3-8H2/q+1. The van der Waals surface area contributed by atoms with Gasteiger partial charge in [0.25, 0.3) is 0 Å². The molecule has 0 aromatic rings. The van der Waals surface area contributed by atoms with Gasteiger partial charge in [0.2, 0.25) is 0 Å². The molecule has 0 amide bonds. The van der Waals surface area contributed by atoms with Crippen molar-refractivity contribution < 1.29 is 14.0 Å². The molecule has 0 aliphatic carbocycles. The van der Waals surface area contributed by atoms with Gasteiger partial charge in [-0.2, -0.15) is 5.26 Å². The third-order valence-corrected chi connectivity index (χ3v) is 2.91. The third kappa shape index (κ3) is 1.83. The van der Waals surface area contributed by atoms with Crippen molar-refractivity contribution in [3.63, 3.8) is 0 Å². The lowest BCUT2D eigenvalue weighted by atomic mass is 10.2. The highest BCUT2D eigenvalue weighted by Crippen LogP contribution is 2.22. The zero-order chi connectivity index (χ0) is 9.15. The first-order valence-corrected chi connectivity index (χ1v) is 4.76. The van der Waals surface area contributed by atoms with Crippen LogP contribution < -0.4 is 0 Å². The molecular formula is C9H15N2O2+. The van der Waals surface area contributed by atoms with Crippen LogP contribution in [0.3, 0.4) is 0 Å². The van der Waals surface area contributed by atoms with Gasteiger partial charge in [-0.3, -0.25) is 4.48 Å². The summed E-state index contributed by atoms with van der Waals surface area (Å²) in [6, 6.07) is 2.17. The molecule has 2 aliphatic rings. The van der Waals surface area contributed by atoms with Crippen molar-refractivity contribution in [2.45, 2.75) is 12.5 Å². The van der Waals surface area contributed by atoms with E-state index in [9.17, 15) is 0 Å². The minimum Gasteiger partial charge on any atom is -0.370 e. The molecule has 1 unspecified atom stereocenters. The third-order valence-electron chi connectivity index (χ3n) is 2.91. The number of nitrogens with zero attached hydrogens (tertiary/aromatic N) is 2. The number of hydrogen-bond donors (Lipinski definition) is 0. The largest absolute Gasteiger partial charge is 0.370 e. The van der Waals surface area contributed by atoms with Crippen LogP contribution in [-0.2, 0) is 9.47 Å². The molecule has 0 N–H and O–H groups in total. The van der Waals surface area contributed by atoms with Crippen LogP contribution in [-0.4, -0.2) is 50.2 Å². The van der Waals surface area contributed by atoms with Gasteiger partial charge in [-0.15, -0.1) is 0 Å². The van der Waals surface area contributed by atoms with Gasteiger partial charge in [0.05, 0.1) is 25.7 Å². The van der Waals surface area contributed by atoms with E-state index in [1.165, 1.54) is 0 Å². The van der Waals surface area contributed by atoms with Gasteiger partial charge >= 0.3 is 0 Å². The maximum absolute atomic E-state index is 8.55. The Balaban J connectivity index is 1.91. The van der Waals surface area contributed by atoms with Crippen molar-refractivity contribution in [3.05, 3.63) is 0 Å². The summed E-state index contributed by atoms with van der Waals surface area (Å²) in [6.45, 7) is 5.53. The van der Waals surface area contributed by atoms with Crippen molar-refractivity contribution in [2.75, 3.05) is 39.6 Å². The average molecular weight is 183 g/mol. The van der Waals surface area contributed by atoms with Gasteiger partial charge < -0.3 is 9.47 Å². The van der Waals surface area contributed by atoms with Crippen LogP contribution in [0.2, 0.25) is 0 Å². The molecule has 72 valence electrons. The second-order valence-electron chi connectivity index (χ2n) is 3.86. The molecule has 2 heterocycles. The van der Waals surface area contributed by atoms with E-state index in [0.717, 1.165) is 44.1 Å². The first kappa shape index (κ1) is 8.95. The molecule has 0 aromatic heterocycles. The summed E-state index contributed by atoms with van der Waals surface area (Å²) >= 11 is 0. The molecule has 0 aromatic carbocycles. The SMILES string of the molecule is N#CCC1C[N+]2(CCOCC2)CO1. The Morgan fingerprint density at radius 3 is 2.85 bits per heavy atom. The van der Waals surface area contributed by atoms with Crippen molar-refractivity contribution in [1.29, 1.82) is 5.26 Å². The fourth-order valence-corrected chi connectivity index (χ4v) is 2.07. The number of hydrogen-bond acceptors (Lipinski definition) is 3. The Hall–Kier alpha value is -0.630. The minimum atomic E-state index is 0.156. The van der Waals surface area contributed by atoms with Crippen LogP contribution in [0, 0.1) is 11.3 Å². The Bertz CT molecular complexity index is 218. The smallest absolute Gasteiger partial charge is 0.184 e. The maximum Gasteiger partial charge on any atom is 0.184 e. The fraction of sp³-hybridized carbons (Fsp3) is 0.889. The lowest BCUT2D eigenvalue weighted by Crippen LogP contribution is -2.53. The number of ether oxygens (including phenoxy) is 2. The van der Waals surface area contributed by atoms with Crippen LogP contribution >= 0.6 is 0 Å². The van der Waals surface area contributed by atoms with E-state index >= 15 is 0 Å². The second-order valence-corrected chi connectivity index (χ2v) is 3.86. The molecule has 0 bridgehead atoms. The van der Waals surface area contributed by atoms with E-state index in [0.29, 0.717) is 6.42 Å². The van der Waals surface area contributed by atoms with Crippen LogP contribution in [0.15, 0.2) is 0 Å². The molecule has 0 radical (unpaired) electrons. The van der Waals surface area contributed by atoms with Gasteiger partial charge in [-0.1, -0.05) is 0 Å². The molecule has 13 heavy (non-hydrogen) atoms. The molecular weight excluding hydrogens is 168 g/mol. The number of rotatable bonds is 1. The van der Waals surface area contributed by atoms with E-state index in [2.05, 4.69) is 6.07 Å². The molecule has 2 aliphatic heterocycles. The monoisotopic (exact) mass is 183 g/mol. The lowest BCUT2D eigenvalue weighted by Gasteiger charge is -2.35. The van der Waals surface area contributed by atoms with E-state index in [1.54, 1.807) is 0 Å². The zero-order valence-electron chi connectivity index (χ0n) is 7.74. The minimum absolute atomic E-state index is 0.156. The fourth-order valence-electron chi connectivity index (χ4n) is 2.07. The highest BCUT2D eigenvalue weighted by atomic mass is 16.5. The van der Waals surface area contributed by atoms with Gasteiger partial charge in [0.15, 0.2) is 6.73 Å². The summed E-state index contributed by atoms with van der Waals surface area (Å²) in [5, 5.41) is 8.55. The van der Waals surface area contributed by atoms with Gasteiger partial charge in [-0.25, -0.2) is 0 Å². The highest BCUT2D eigenvalue weighted by molar-refractivity contribution is 4.78. The summed E-state index contributed by atoms with van der Waals surface area (Å²) in [4.78, 5) is 0. The van der Waals surface area contributed by atoms with Crippen LogP contribution in [0.5, 0.6) is 0 Å². The quantitative estimate of drug-likeness (QED) is 0.542. The predicted octanol–water partition coefficient (Wildman–Crippen LogP) is 0.103. The Labute approximate surface area is 78.2 Å². The van der Waals surface area contributed by atoms with Gasteiger partial charge in [0, 0.05) is 0 Å². The number of morpholine rings is 1. The molecule has 4 heteroatoms. The van der Waals surface area contributed by atoms with Crippen LogP contribution in [0.4, 0.5) is 0 Å². The molecule has 1 spiro atoms. The molecule has 1 atom stereocenters. The van der Waals surface area contributed by atoms with Crippen molar-refractivity contribution in [3.8, 4) is 6.07 Å². The Morgan fingerprint density at radius 2 is 2.15 bits per heavy atom. The summed E-state index contributed by atoms with van der Waals surface area (Å²) in [7, 11) is 0. The summed E-state index contributed by atoms with van der Waals surface area (Å²) in [5.74, 6) is 0. The van der Waals surface area contributed by atoms with Crippen molar-refractivity contribution >= 4 is 0 Å². The topological polar surface area (TPSA) is 42.2 Å². The molecule has 0 saturated carbocycles. The average Bonchev–Trinajstić information content (AvgIpc) is 2.51. The first-order chi connectivity index (χ1) is 6.35. The Morgan fingerprint density at radius 1 is 1.38 bits per heavy atom. The molecule has 2 rings (SSSR count). The highest BCUT2D eigenvalue weighted by Gasteiger charge is 2.40. The van der Waals surface area contributed by atoms with E-state index in [4.69, 9.17) is 14.7 Å². The summed E-state index contributed by atoms with van der Waals surface area (Å²) < 4.78 is 11.9. The summed E-state index contributed by atoms with van der Waals surface area (Å²) in [5.41, 5.74) is 0. The maximum atomic E-state index is 8.55. The van der Waals surface area contributed by atoms with Gasteiger partial charge in [0.1, 0.15) is 25.7 Å².